The molecule has 0 unspecified atom stereocenters. The molecule has 1 aromatic heterocycles. The standard InChI is InChI=1S/C8H13N3O/c1-3-11(4-2)8-9-6-5-7(12)10-8/h5-6H,3-4H2,1-2H3,(H,9,10,12). The van der Waals surface area contributed by atoms with E-state index in [-0.39, 0.29) is 5.56 Å². The molecule has 12 heavy (non-hydrogen) atoms. The lowest BCUT2D eigenvalue weighted by Crippen LogP contribution is -2.26. The molecule has 0 aromatic carbocycles. The molecule has 66 valence electrons. The maximum Gasteiger partial charge on any atom is 0.252 e. The molecular weight excluding hydrogens is 154 g/mol. The lowest BCUT2D eigenvalue weighted by atomic mass is 10.5. The Kier molecular flexibility index (Phi) is 2.85. The van der Waals surface area contributed by atoms with Crippen LogP contribution in [0.3, 0.4) is 0 Å². The fourth-order valence-corrected chi connectivity index (χ4v) is 1.04. The Hall–Kier alpha value is -1.32. The van der Waals surface area contributed by atoms with Crippen molar-refractivity contribution in [3.63, 3.8) is 0 Å². The quantitative estimate of drug-likeness (QED) is 0.717. The van der Waals surface area contributed by atoms with Crippen molar-refractivity contribution in [2.24, 2.45) is 0 Å². The molecular formula is C8H13N3O. The van der Waals surface area contributed by atoms with Gasteiger partial charge in [0.2, 0.25) is 5.95 Å². The van der Waals surface area contributed by atoms with Crippen LogP contribution in [-0.4, -0.2) is 23.1 Å². The van der Waals surface area contributed by atoms with Gasteiger partial charge in [-0.2, -0.15) is 0 Å². The van der Waals surface area contributed by atoms with Gasteiger partial charge in [0.1, 0.15) is 0 Å². The van der Waals surface area contributed by atoms with Crippen molar-refractivity contribution in [3.05, 3.63) is 22.6 Å². The first-order chi connectivity index (χ1) is 5.77. The normalized spacial score (nSPS) is 9.83. The summed E-state index contributed by atoms with van der Waals surface area (Å²) in [6.45, 7) is 5.75. The number of rotatable bonds is 3. The summed E-state index contributed by atoms with van der Waals surface area (Å²) < 4.78 is 0. The second-order valence-corrected chi connectivity index (χ2v) is 2.43. The van der Waals surface area contributed by atoms with Gasteiger partial charge in [-0.15, -0.1) is 0 Å². The number of H-pyrrole nitrogens is 1. The van der Waals surface area contributed by atoms with Crippen molar-refractivity contribution >= 4 is 5.95 Å². The molecule has 0 saturated carbocycles. The minimum Gasteiger partial charge on any atom is -0.343 e. The van der Waals surface area contributed by atoms with Crippen molar-refractivity contribution < 1.29 is 0 Å². The summed E-state index contributed by atoms with van der Waals surface area (Å²) in [7, 11) is 0. The highest BCUT2D eigenvalue weighted by molar-refractivity contribution is 5.27. The van der Waals surface area contributed by atoms with Crippen molar-refractivity contribution in [1.82, 2.24) is 9.97 Å². The zero-order valence-corrected chi connectivity index (χ0v) is 7.37. The number of aromatic amines is 1. The zero-order valence-electron chi connectivity index (χ0n) is 7.37. The molecule has 0 atom stereocenters. The summed E-state index contributed by atoms with van der Waals surface area (Å²) in [6, 6.07) is 1.41. The van der Waals surface area contributed by atoms with Crippen molar-refractivity contribution in [2.75, 3.05) is 18.0 Å². The molecule has 1 N–H and O–H groups in total. The predicted molar refractivity (Wildman–Crippen MR) is 48.4 cm³/mol. The zero-order chi connectivity index (χ0) is 8.97. The molecule has 0 spiro atoms. The molecule has 0 radical (unpaired) electrons. The van der Waals surface area contributed by atoms with E-state index in [0.29, 0.717) is 5.95 Å². The smallest absolute Gasteiger partial charge is 0.252 e. The lowest BCUT2D eigenvalue weighted by Gasteiger charge is -2.17. The Balaban J connectivity index is 2.93. The molecule has 1 rings (SSSR count). The van der Waals surface area contributed by atoms with Crippen molar-refractivity contribution in [2.45, 2.75) is 13.8 Å². The molecule has 0 aliphatic rings. The molecule has 4 nitrogen and oxygen atoms in total. The Labute approximate surface area is 71.3 Å². The number of hydrogen-bond donors (Lipinski definition) is 1. The van der Waals surface area contributed by atoms with Gasteiger partial charge in [0.05, 0.1) is 0 Å². The summed E-state index contributed by atoms with van der Waals surface area (Å²) in [5, 5.41) is 0. The molecule has 1 aromatic rings. The van der Waals surface area contributed by atoms with Gasteiger partial charge in [0.25, 0.3) is 5.56 Å². The van der Waals surface area contributed by atoms with E-state index in [1.807, 2.05) is 18.7 Å². The number of aromatic nitrogens is 2. The molecule has 0 aliphatic carbocycles. The van der Waals surface area contributed by atoms with E-state index in [4.69, 9.17) is 0 Å². The third kappa shape index (κ3) is 1.84. The van der Waals surface area contributed by atoms with Gasteiger partial charge < -0.3 is 4.90 Å². The minimum absolute atomic E-state index is 0.105. The third-order valence-electron chi connectivity index (χ3n) is 1.72. The highest BCUT2D eigenvalue weighted by Crippen LogP contribution is 2.00. The number of nitrogens with zero attached hydrogens (tertiary/aromatic N) is 2. The van der Waals surface area contributed by atoms with Crippen LogP contribution in [0.25, 0.3) is 0 Å². The maximum absolute atomic E-state index is 10.9. The second kappa shape index (κ2) is 3.90. The van der Waals surface area contributed by atoms with E-state index < -0.39 is 0 Å². The number of nitrogens with one attached hydrogen (secondary N) is 1. The SMILES string of the molecule is CCN(CC)c1nccc(=O)[nH]1. The van der Waals surface area contributed by atoms with Gasteiger partial charge in [-0.3, -0.25) is 9.78 Å². The van der Waals surface area contributed by atoms with Crippen molar-refractivity contribution in [1.29, 1.82) is 0 Å². The molecule has 0 aliphatic heterocycles. The highest BCUT2D eigenvalue weighted by Gasteiger charge is 2.01. The van der Waals surface area contributed by atoms with Crippen LogP contribution in [0.5, 0.6) is 0 Å². The van der Waals surface area contributed by atoms with Crippen LogP contribution in [0.2, 0.25) is 0 Å². The average Bonchev–Trinajstić information content (AvgIpc) is 2.07. The highest BCUT2D eigenvalue weighted by atomic mass is 16.1. The molecule has 0 fully saturated rings. The van der Waals surface area contributed by atoms with Gasteiger partial charge in [-0.05, 0) is 13.8 Å². The van der Waals surface area contributed by atoms with E-state index in [1.165, 1.54) is 12.3 Å². The van der Waals surface area contributed by atoms with Crippen LogP contribution in [-0.2, 0) is 0 Å². The maximum atomic E-state index is 10.9. The first-order valence-electron chi connectivity index (χ1n) is 4.08. The van der Waals surface area contributed by atoms with Gasteiger partial charge >= 0.3 is 0 Å². The van der Waals surface area contributed by atoms with E-state index >= 15 is 0 Å². The van der Waals surface area contributed by atoms with Gasteiger partial charge in [0.15, 0.2) is 0 Å². The number of anilines is 1. The van der Waals surface area contributed by atoms with Crippen LogP contribution in [0.1, 0.15) is 13.8 Å². The van der Waals surface area contributed by atoms with Crippen LogP contribution < -0.4 is 10.5 Å². The van der Waals surface area contributed by atoms with Crippen LogP contribution in [0.4, 0.5) is 5.95 Å². The van der Waals surface area contributed by atoms with Crippen LogP contribution >= 0.6 is 0 Å². The second-order valence-electron chi connectivity index (χ2n) is 2.43. The van der Waals surface area contributed by atoms with E-state index in [1.54, 1.807) is 0 Å². The summed E-state index contributed by atoms with van der Waals surface area (Å²) in [5.41, 5.74) is -0.105. The summed E-state index contributed by atoms with van der Waals surface area (Å²) >= 11 is 0. The van der Waals surface area contributed by atoms with Gasteiger partial charge in [0, 0.05) is 25.4 Å². The van der Waals surface area contributed by atoms with E-state index in [9.17, 15) is 4.79 Å². The van der Waals surface area contributed by atoms with E-state index in [2.05, 4.69) is 9.97 Å². The molecule has 0 amide bonds. The third-order valence-corrected chi connectivity index (χ3v) is 1.72. The molecule has 0 saturated heterocycles. The van der Waals surface area contributed by atoms with Gasteiger partial charge in [-0.25, -0.2) is 4.98 Å². The molecule has 1 heterocycles. The molecule has 0 bridgehead atoms. The Morgan fingerprint density at radius 3 is 2.67 bits per heavy atom. The Morgan fingerprint density at radius 2 is 2.17 bits per heavy atom. The largest absolute Gasteiger partial charge is 0.343 e. The number of hydrogen-bond acceptors (Lipinski definition) is 3. The van der Waals surface area contributed by atoms with E-state index in [0.717, 1.165) is 13.1 Å². The first kappa shape index (κ1) is 8.77. The predicted octanol–water partition coefficient (Wildman–Crippen LogP) is 0.616. The average molecular weight is 167 g/mol. The molecule has 4 heteroatoms. The first-order valence-corrected chi connectivity index (χ1v) is 4.08. The lowest BCUT2D eigenvalue weighted by molar-refractivity contribution is 0.816. The van der Waals surface area contributed by atoms with Crippen LogP contribution in [0, 0.1) is 0 Å². The van der Waals surface area contributed by atoms with Crippen LogP contribution in [0.15, 0.2) is 17.1 Å². The minimum atomic E-state index is -0.105. The summed E-state index contributed by atoms with van der Waals surface area (Å²) in [5.74, 6) is 0.646. The Bertz CT molecular complexity index is 290. The van der Waals surface area contributed by atoms with Gasteiger partial charge in [-0.1, -0.05) is 0 Å². The van der Waals surface area contributed by atoms with Crippen molar-refractivity contribution in [3.8, 4) is 0 Å². The summed E-state index contributed by atoms with van der Waals surface area (Å²) in [6.07, 6.45) is 1.52. The monoisotopic (exact) mass is 167 g/mol. The fourth-order valence-electron chi connectivity index (χ4n) is 1.04. The topological polar surface area (TPSA) is 49.0 Å². The fraction of sp³-hybridized carbons (Fsp3) is 0.500. The Morgan fingerprint density at radius 1 is 1.50 bits per heavy atom. The summed E-state index contributed by atoms with van der Waals surface area (Å²) in [4.78, 5) is 19.6.